The van der Waals surface area contributed by atoms with Gasteiger partial charge in [0.1, 0.15) is 6.04 Å². The molecule has 2 heterocycles. The second-order valence-electron chi connectivity index (χ2n) is 5.89. The monoisotopic (exact) mass is 286 g/mol. The lowest BCUT2D eigenvalue weighted by Crippen LogP contribution is -2.58. The molecular weight excluding hydrogens is 260 g/mol. The highest BCUT2D eigenvalue weighted by Gasteiger charge is 2.37. The highest BCUT2D eigenvalue weighted by molar-refractivity contribution is 5.73. The molecule has 1 N–H and O–H groups in total. The van der Waals surface area contributed by atoms with Crippen molar-refractivity contribution in [2.45, 2.75) is 31.9 Å². The minimum Gasteiger partial charge on any atom is -0.480 e. The summed E-state index contributed by atoms with van der Waals surface area (Å²) in [5, 5.41) is 9.56. The number of morpholine rings is 2. The van der Waals surface area contributed by atoms with Crippen LogP contribution in [0.4, 0.5) is 0 Å². The van der Waals surface area contributed by atoms with Crippen LogP contribution >= 0.6 is 0 Å². The first-order valence-electron chi connectivity index (χ1n) is 7.45. The zero-order chi connectivity index (χ0) is 14.6. The first-order valence-corrected chi connectivity index (χ1v) is 7.45. The summed E-state index contributed by atoms with van der Waals surface area (Å²) < 4.78 is 11.1. The van der Waals surface area contributed by atoms with E-state index in [1.807, 2.05) is 0 Å². The van der Waals surface area contributed by atoms with Gasteiger partial charge in [0.15, 0.2) is 0 Å². The lowest BCUT2D eigenvalue weighted by Gasteiger charge is -2.43. The van der Waals surface area contributed by atoms with Crippen LogP contribution in [0.2, 0.25) is 0 Å². The maximum atomic E-state index is 11.6. The van der Waals surface area contributed by atoms with Crippen LogP contribution < -0.4 is 0 Å². The molecule has 0 spiro atoms. The Morgan fingerprint density at radius 2 is 2.00 bits per heavy atom. The highest BCUT2D eigenvalue weighted by Crippen LogP contribution is 2.23. The third kappa shape index (κ3) is 3.91. The molecule has 2 atom stereocenters. The van der Waals surface area contributed by atoms with Gasteiger partial charge in [-0.3, -0.25) is 14.6 Å². The number of carboxylic acids is 1. The summed E-state index contributed by atoms with van der Waals surface area (Å²) in [6.45, 7) is 9.73. The second kappa shape index (κ2) is 6.85. The maximum absolute atomic E-state index is 11.6. The Labute approximate surface area is 120 Å². The molecule has 0 aromatic rings. The van der Waals surface area contributed by atoms with Gasteiger partial charge in [0.05, 0.1) is 25.4 Å². The van der Waals surface area contributed by atoms with E-state index in [9.17, 15) is 9.90 Å². The van der Waals surface area contributed by atoms with Gasteiger partial charge in [-0.15, -0.1) is 0 Å². The lowest BCUT2D eigenvalue weighted by molar-refractivity contribution is -0.154. The van der Waals surface area contributed by atoms with Crippen molar-refractivity contribution in [2.75, 3.05) is 52.5 Å². The molecule has 0 radical (unpaired) electrons. The number of aliphatic carboxylic acids is 1. The quantitative estimate of drug-likeness (QED) is 0.783. The number of carbonyl (C=O) groups is 1. The van der Waals surface area contributed by atoms with Crippen molar-refractivity contribution in [3.63, 3.8) is 0 Å². The van der Waals surface area contributed by atoms with Crippen LogP contribution in [0.5, 0.6) is 0 Å². The number of carboxylic acid groups (broad SMARTS) is 1. The fourth-order valence-electron chi connectivity index (χ4n) is 2.82. The minimum absolute atomic E-state index is 0.225. The Bertz CT molecular complexity index is 333. The van der Waals surface area contributed by atoms with Crippen LogP contribution in [0, 0.1) is 0 Å². The van der Waals surface area contributed by atoms with Crippen molar-refractivity contribution in [1.29, 1.82) is 0 Å². The Morgan fingerprint density at radius 3 is 2.60 bits per heavy atom. The zero-order valence-electron chi connectivity index (χ0n) is 12.5. The van der Waals surface area contributed by atoms with Crippen LogP contribution in [0.1, 0.15) is 20.3 Å². The molecule has 6 nitrogen and oxygen atoms in total. The summed E-state index contributed by atoms with van der Waals surface area (Å²) in [5.74, 6) is -0.739. The van der Waals surface area contributed by atoms with E-state index >= 15 is 0 Å². The third-order valence-electron chi connectivity index (χ3n) is 4.38. The molecule has 6 heteroatoms. The number of rotatable bonds is 5. The molecule has 0 aromatic heterocycles. The minimum atomic E-state index is -0.739. The van der Waals surface area contributed by atoms with Crippen LogP contribution in [0.25, 0.3) is 0 Å². The fraction of sp³-hybridized carbons (Fsp3) is 0.929. The first kappa shape index (κ1) is 15.7. The van der Waals surface area contributed by atoms with Gasteiger partial charge >= 0.3 is 5.97 Å². The highest BCUT2D eigenvalue weighted by atomic mass is 16.5. The summed E-state index contributed by atoms with van der Waals surface area (Å²) in [4.78, 5) is 15.9. The van der Waals surface area contributed by atoms with Gasteiger partial charge in [-0.05, 0) is 13.3 Å². The van der Waals surface area contributed by atoms with Crippen LogP contribution in [-0.4, -0.2) is 85.1 Å². The summed E-state index contributed by atoms with van der Waals surface area (Å²) in [7, 11) is 0. The first-order chi connectivity index (χ1) is 9.54. The van der Waals surface area contributed by atoms with Gasteiger partial charge in [-0.2, -0.15) is 0 Å². The molecule has 2 unspecified atom stereocenters. The van der Waals surface area contributed by atoms with Gasteiger partial charge in [0, 0.05) is 32.7 Å². The van der Waals surface area contributed by atoms with Crippen LogP contribution in [-0.2, 0) is 14.3 Å². The summed E-state index contributed by atoms with van der Waals surface area (Å²) in [6.07, 6.45) is 0.896. The van der Waals surface area contributed by atoms with E-state index in [4.69, 9.17) is 9.47 Å². The third-order valence-corrected chi connectivity index (χ3v) is 4.38. The smallest absolute Gasteiger partial charge is 0.322 e. The van der Waals surface area contributed by atoms with Crippen molar-refractivity contribution >= 4 is 5.97 Å². The Hall–Kier alpha value is -0.690. The summed E-state index contributed by atoms with van der Waals surface area (Å²) >= 11 is 0. The van der Waals surface area contributed by atoms with E-state index in [1.54, 1.807) is 0 Å². The summed E-state index contributed by atoms with van der Waals surface area (Å²) in [5.41, 5.74) is -0.225. The van der Waals surface area contributed by atoms with Crippen molar-refractivity contribution in [2.24, 2.45) is 0 Å². The number of ether oxygens (including phenoxy) is 2. The number of nitrogens with zero attached hydrogens (tertiary/aromatic N) is 2. The molecule has 20 heavy (non-hydrogen) atoms. The molecule has 116 valence electrons. The summed E-state index contributed by atoms with van der Waals surface area (Å²) in [6, 6.07) is -0.456. The molecule has 0 bridgehead atoms. The molecule has 2 aliphatic rings. The normalized spacial score (nSPS) is 31.1. The lowest BCUT2D eigenvalue weighted by atomic mass is 9.99. The largest absolute Gasteiger partial charge is 0.480 e. The molecule has 2 aliphatic heterocycles. The van der Waals surface area contributed by atoms with E-state index < -0.39 is 12.0 Å². The molecule has 0 aromatic carbocycles. The van der Waals surface area contributed by atoms with E-state index in [0.717, 1.165) is 19.5 Å². The van der Waals surface area contributed by atoms with E-state index in [2.05, 4.69) is 23.6 Å². The van der Waals surface area contributed by atoms with Gasteiger partial charge < -0.3 is 14.6 Å². The number of hydrogen-bond acceptors (Lipinski definition) is 5. The van der Waals surface area contributed by atoms with E-state index in [0.29, 0.717) is 39.5 Å². The SMILES string of the molecule is CCC1(C)CN(C(CN2CCOCC2)C(=O)O)CCO1. The molecule has 0 amide bonds. The van der Waals surface area contributed by atoms with Crippen molar-refractivity contribution < 1.29 is 19.4 Å². The van der Waals surface area contributed by atoms with Crippen LogP contribution in [0.15, 0.2) is 0 Å². The van der Waals surface area contributed by atoms with E-state index in [1.165, 1.54) is 0 Å². The zero-order valence-corrected chi connectivity index (χ0v) is 12.5. The van der Waals surface area contributed by atoms with Gasteiger partial charge in [0.2, 0.25) is 0 Å². The molecule has 0 aliphatic carbocycles. The van der Waals surface area contributed by atoms with Gasteiger partial charge in [-0.25, -0.2) is 0 Å². The molecule has 2 rings (SSSR count). The van der Waals surface area contributed by atoms with Gasteiger partial charge in [-0.1, -0.05) is 6.92 Å². The average Bonchev–Trinajstić information content (AvgIpc) is 2.45. The average molecular weight is 286 g/mol. The predicted octanol–water partition coefficient (Wildman–Crippen LogP) is 0.273. The van der Waals surface area contributed by atoms with Gasteiger partial charge in [0.25, 0.3) is 0 Å². The Balaban J connectivity index is 1.98. The number of hydrogen-bond donors (Lipinski definition) is 1. The molecule has 2 saturated heterocycles. The van der Waals surface area contributed by atoms with Crippen molar-refractivity contribution in [3.8, 4) is 0 Å². The maximum Gasteiger partial charge on any atom is 0.322 e. The molecule has 0 saturated carbocycles. The topological polar surface area (TPSA) is 62.2 Å². The predicted molar refractivity (Wildman–Crippen MR) is 74.9 cm³/mol. The van der Waals surface area contributed by atoms with Crippen LogP contribution in [0.3, 0.4) is 0 Å². The second-order valence-corrected chi connectivity index (χ2v) is 5.89. The Kier molecular flexibility index (Phi) is 5.37. The molecular formula is C14H26N2O4. The van der Waals surface area contributed by atoms with Crippen molar-refractivity contribution in [3.05, 3.63) is 0 Å². The van der Waals surface area contributed by atoms with E-state index in [-0.39, 0.29) is 5.60 Å². The molecule has 2 fully saturated rings. The standard InChI is InChI=1S/C14H26N2O4/c1-3-14(2)11-16(6-9-20-14)12(13(17)18)10-15-4-7-19-8-5-15/h12H,3-11H2,1-2H3,(H,17,18). The van der Waals surface area contributed by atoms with Crippen molar-refractivity contribution in [1.82, 2.24) is 9.80 Å². The fourth-order valence-corrected chi connectivity index (χ4v) is 2.82. The Morgan fingerprint density at radius 1 is 1.30 bits per heavy atom.